The Morgan fingerprint density at radius 1 is 0.596 bits per heavy atom. The van der Waals surface area contributed by atoms with Crippen molar-refractivity contribution in [1.82, 2.24) is 39.6 Å². The van der Waals surface area contributed by atoms with Crippen LogP contribution in [0.15, 0.2) is 0 Å². The fourth-order valence-electron chi connectivity index (χ4n) is 8.78. The van der Waals surface area contributed by atoms with Gasteiger partial charge < -0.3 is 142 Å². The molecule has 1 amide bonds. The van der Waals surface area contributed by atoms with Crippen molar-refractivity contribution in [3.63, 3.8) is 0 Å². The Bertz CT molecular complexity index is 1960. The normalized spacial score (nSPS) is 16.1. The van der Waals surface area contributed by atoms with Crippen molar-refractivity contribution in [2.45, 2.75) is 189 Å². The molecular formula is C61H137BrCl3N9O17S3-6. The molecule has 0 saturated carbocycles. The Hall–Kier alpha value is -0.0500. The monoisotopic (exact) mass is 1550 g/mol. The Labute approximate surface area is 602 Å². The summed E-state index contributed by atoms with van der Waals surface area (Å²) in [6.45, 7) is 36.1. The molecule has 2 heterocycles. The van der Waals surface area contributed by atoms with Gasteiger partial charge in [0.2, 0.25) is 5.91 Å². The highest BCUT2D eigenvalue weighted by molar-refractivity contribution is 7.86. The van der Waals surface area contributed by atoms with Crippen LogP contribution in [-0.4, -0.2) is 355 Å². The minimum atomic E-state index is -4.39. The minimum absolute atomic E-state index is 0. The lowest BCUT2D eigenvalue weighted by Crippen LogP contribution is -3.00. The molecule has 2 rings (SSSR count). The van der Waals surface area contributed by atoms with Gasteiger partial charge in [0.25, 0.3) is 0 Å². The van der Waals surface area contributed by atoms with Crippen LogP contribution in [0.25, 0.3) is 0 Å². The number of halogens is 4. The van der Waals surface area contributed by atoms with E-state index in [1.165, 1.54) is 102 Å². The number of aliphatic hydroxyl groups excluding tert-OH is 6. The third-order valence-electron chi connectivity index (χ3n) is 15.4. The van der Waals surface area contributed by atoms with Gasteiger partial charge in [0, 0.05) is 78.3 Å². The maximum atomic E-state index is 10.9. The summed E-state index contributed by atoms with van der Waals surface area (Å²) < 4.78 is 98.7. The van der Waals surface area contributed by atoms with Crippen LogP contribution in [0.4, 0.5) is 0 Å². The van der Waals surface area contributed by atoms with Crippen LogP contribution in [0.1, 0.15) is 152 Å². The van der Waals surface area contributed by atoms with E-state index in [1.54, 1.807) is 38.1 Å². The van der Waals surface area contributed by atoms with Crippen LogP contribution >= 0.6 is 0 Å². The third-order valence-corrected chi connectivity index (χ3v) is 17.6. The van der Waals surface area contributed by atoms with Crippen molar-refractivity contribution >= 4 is 36.3 Å². The molecule has 26 nitrogen and oxygen atoms in total. The summed E-state index contributed by atoms with van der Waals surface area (Å²) in [7, 11) is 0.803. The number of quaternary nitrogens is 1. The summed E-state index contributed by atoms with van der Waals surface area (Å²) in [5, 5.41) is 58.2. The summed E-state index contributed by atoms with van der Waals surface area (Å²) >= 11 is 0. The first-order chi connectivity index (χ1) is 41.9. The number of likely N-dealkylation sites (tertiary alicyclic amines) is 1. The molecular weight excluding hydrogens is 1410 g/mol. The Morgan fingerprint density at radius 2 is 1.06 bits per heavy atom. The molecule has 2 saturated heterocycles. The zero-order valence-corrected chi connectivity index (χ0v) is 67.1. The van der Waals surface area contributed by atoms with Gasteiger partial charge in [-0.1, -0.05) is 61.3 Å². The fraction of sp³-hybridized carbons (Fsp3) is 0.984. The van der Waals surface area contributed by atoms with E-state index in [2.05, 4.69) is 75.8 Å². The molecule has 0 aromatic carbocycles. The molecule has 2 fully saturated rings. The predicted molar refractivity (Wildman–Crippen MR) is 361 cm³/mol. The number of hydrogen-bond donors (Lipinski definition) is 7. The van der Waals surface area contributed by atoms with Crippen LogP contribution in [0.3, 0.4) is 0 Å². The number of carbonyl (C=O) groups is 1. The molecule has 6 unspecified atom stereocenters. The molecule has 0 aromatic rings. The van der Waals surface area contributed by atoms with E-state index in [9.17, 15) is 74.3 Å². The van der Waals surface area contributed by atoms with E-state index < -0.39 is 60.2 Å². The van der Waals surface area contributed by atoms with Gasteiger partial charge in [-0.05, 0) is 165 Å². The molecule has 0 radical (unpaired) electrons. The SMILES string of the molecule is CCC(O)CN(C)CC(O)CS(=O)(=O)[O-].CCC(O)CN(C)CCCS(=O)(=O)[O-].CCC(O)CN(C)CCS(=O)(=O)[O-].CCC(O)CN1CCNC(=O)C1.CCCCN(C)CCOC.CCN(CC)CCCCCC[N+](C)(CC)CC.CN1CCCCC(O)C1.[Br-].[Cl-].[Cl-].[Cl-]. The molecule has 6 atom stereocenters. The second-order valence-corrected chi connectivity index (χ2v) is 28.8. The molecule has 0 spiro atoms. The second-order valence-electron chi connectivity index (χ2n) is 24.3. The maximum absolute atomic E-state index is 10.9. The van der Waals surface area contributed by atoms with Crippen LogP contribution < -0.4 is 59.5 Å². The highest BCUT2D eigenvalue weighted by Gasteiger charge is 2.19. The molecule has 33 heteroatoms. The number of nitrogens with one attached hydrogen (secondary N) is 1. The number of unbranched alkanes of at least 4 members (excludes halogenated alkanes) is 4. The van der Waals surface area contributed by atoms with Crippen LogP contribution in [0.5, 0.6) is 0 Å². The van der Waals surface area contributed by atoms with E-state index in [0.717, 1.165) is 45.6 Å². The van der Waals surface area contributed by atoms with Crippen molar-refractivity contribution in [1.29, 1.82) is 0 Å². The molecule has 580 valence electrons. The number of β-amino-alcohol motifs (C(OH)–C–C–N with tert-alkyl or cyclic N) is 2. The lowest BCUT2D eigenvalue weighted by molar-refractivity contribution is -0.906. The van der Waals surface area contributed by atoms with E-state index in [1.807, 2.05) is 37.5 Å². The van der Waals surface area contributed by atoms with Crippen molar-refractivity contribution in [3.8, 4) is 0 Å². The molecule has 0 aliphatic carbocycles. The average molecular weight is 1550 g/mol. The molecule has 0 aromatic heterocycles. The van der Waals surface area contributed by atoms with Gasteiger partial charge >= 0.3 is 0 Å². The lowest BCUT2D eigenvalue weighted by Gasteiger charge is -2.32. The Morgan fingerprint density at radius 3 is 1.50 bits per heavy atom. The van der Waals surface area contributed by atoms with E-state index in [4.69, 9.17) is 4.74 Å². The molecule has 2 aliphatic heterocycles. The van der Waals surface area contributed by atoms with Crippen LogP contribution in [-0.2, 0) is 39.9 Å². The zero-order chi connectivity index (χ0) is 70.4. The summed E-state index contributed by atoms with van der Waals surface area (Å²) in [6, 6.07) is 0. The topological polar surface area (TPSA) is 354 Å². The number of hydrogen-bond acceptors (Lipinski definition) is 24. The van der Waals surface area contributed by atoms with Crippen molar-refractivity contribution in [2.24, 2.45) is 0 Å². The highest BCUT2D eigenvalue weighted by atomic mass is 79.9. The quantitative estimate of drug-likeness (QED) is 0.0170. The van der Waals surface area contributed by atoms with Gasteiger partial charge in [-0.2, -0.15) is 0 Å². The van der Waals surface area contributed by atoms with Crippen molar-refractivity contribution < 1.29 is 138 Å². The minimum Gasteiger partial charge on any atom is -1.00 e. The van der Waals surface area contributed by atoms with Gasteiger partial charge in [0.15, 0.2) is 0 Å². The predicted octanol–water partition coefficient (Wildman–Crippen LogP) is -10.1. The molecule has 2 aliphatic rings. The number of likely N-dealkylation sites (N-methyl/N-ethyl adjacent to an activating group) is 5. The number of piperazine rings is 1. The number of aliphatic hydroxyl groups is 6. The Balaban J connectivity index is -0.000000128. The third kappa shape index (κ3) is 84.4. The van der Waals surface area contributed by atoms with Gasteiger partial charge in [-0.3, -0.25) is 9.69 Å². The molecule has 0 bridgehead atoms. The van der Waals surface area contributed by atoms with Gasteiger partial charge in [0.05, 0.1) is 118 Å². The van der Waals surface area contributed by atoms with Gasteiger partial charge in [-0.15, -0.1) is 0 Å². The average Bonchev–Trinajstić information content (AvgIpc) is 3.88. The molecule has 94 heavy (non-hydrogen) atoms. The molecule has 7 N–H and O–H groups in total. The van der Waals surface area contributed by atoms with E-state index >= 15 is 0 Å². The first kappa shape index (κ1) is 112. The summed E-state index contributed by atoms with van der Waals surface area (Å²) in [5.74, 6) is -1.47. The number of rotatable bonds is 40. The number of ether oxygens (including phenoxy) is 1. The first-order valence-electron chi connectivity index (χ1n) is 33.2. The van der Waals surface area contributed by atoms with Crippen molar-refractivity contribution in [3.05, 3.63) is 0 Å². The largest absolute Gasteiger partial charge is 1.00 e. The standard InChI is InChI=1S/C15H35N2.C8H16N2O2.C8H19NO5S.C8H19NO4S.C8H19NO.C7H17NO4S.C7H15NO.BrH.3ClH/c1-6-16(7-2)14-12-10-11-13-15-17(5,8-3)9-4;1-2-7(11)5-10-4-3-9-8(12)6-10;1-3-7(10)4-9(2)5-8(11)6-15(12,13)14;1-3-8(10)7-9(2)5-4-6-14(11,12)13;1-4-5-6-9(2)7-8-10-3;1-3-7(9)6-8(2)4-5-13(10,11)12;1-8-5-3-2-4-7(9)6-8;;;;/h6-15H2,1-5H3;7,11H,2-6H2,1H3,(H,9,12);7-8,10-11H,3-6H2,1-2H3,(H,12,13,14);8,10H,3-7H2,1-2H3,(H,11,12,13);4-8H2,1-3H3;7,9H,3-6H2,1-2H3,(H,10,11,12);7,9H,2-6H2,1H3;4*1H/q+1;;;;;;;;;;/p-7. The van der Waals surface area contributed by atoms with Crippen LogP contribution in [0, 0.1) is 0 Å². The number of nitrogens with zero attached hydrogens (tertiary/aromatic N) is 8. The smallest absolute Gasteiger partial charge is 0.234 e. The van der Waals surface area contributed by atoms with Gasteiger partial charge in [0.1, 0.15) is 0 Å². The van der Waals surface area contributed by atoms with Crippen LogP contribution in [0.2, 0.25) is 0 Å². The maximum Gasteiger partial charge on any atom is 0.234 e. The number of amides is 1. The highest BCUT2D eigenvalue weighted by Crippen LogP contribution is 2.10. The Kier molecular flexibility index (Phi) is 83.8. The van der Waals surface area contributed by atoms with E-state index in [-0.39, 0.29) is 97.3 Å². The summed E-state index contributed by atoms with van der Waals surface area (Å²) in [4.78, 5) is 24.9. The van der Waals surface area contributed by atoms with Crippen molar-refractivity contribution in [2.75, 3.05) is 204 Å². The fourth-order valence-corrected chi connectivity index (χ4v) is 10.4. The van der Waals surface area contributed by atoms with E-state index in [0.29, 0.717) is 71.5 Å². The second kappa shape index (κ2) is 70.0. The zero-order valence-electron chi connectivity index (χ0n) is 60.8. The number of carbonyl (C=O) groups excluding carboxylic acids is 1. The first-order valence-corrected chi connectivity index (χ1v) is 38.0. The summed E-state index contributed by atoms with van der Waals surface area (Å²) in [6.07, 6.45) is 11.6. The summed E-state index contributed by atoms with van der Waals surface area (Å²) in [5.41, 5.74) is 0. The van der Waals surface area contributed by atoms with Gasteiger partial charge in [-0.25, -0.2) is 25.3 Å². The number of methoxy groups -OCH3 is 1. The lowest BCUT2D eigenvalue weighted by atomic mass is 10.1.